The van der Waals surface area contributed by atoms with E-state index < -0.39 is 0 Å². The highest BCUT2D eigenvalue weighted by Crippen LogP contribution is 2.34. The molecular formula is C19H20FN5O2S. The molecule has 1 aliphatic heterocycles. The maximum atomic E-state index is 13.2. The molecule has 1 unspecified atom stereocenters. The molecule has 0 saturated heterocycles. The van der Waals surface area contributed by atoms with Crippen LogP contribution in [0.1, 0.15) is 40.5 Å². The van der Waals surface area contributed by atoms with Crippen LogP contribution in [0.25, 0.3) is 10.8 Å². The first kappa shape index (κ1) is 18.7. The van der Waals surface area contributed by atoms with E-state index in [0.29, 0.717) is 30.9 Å². The average Bonchev–Trinajstić information content (AvgIpc) is 3.26. The largest absolute Gasteiger partial charge is 0.396 e. The van der Waals surface area contributed by atoms with Gasteiger partial charge in [-0.2, -0.15) is 4.37 Å². The third-order valence-electron chi connectivity index (χ3n) is 4.93. The van der Waals surface area contributed by atoms with Gasteiger partial charge in [-0.1, -0.05) is 0 Å². The van der Waals surface area contributed by atoms with Crippen LogP contribution in [0.15, 0.2) is 24.3 Å². The molecule has 1 aliphatic rings. The van der Waals surface area contributed by atoms with Crippen molar-refractivity contribution >= 4 is 17.4 Å². The smallest absolute Gasteiger partial charge is 0.254 e. The van der Waals surface area contributed by atoms with Crippen LogP contribution in [0.5, 0.6) is 0 Å². The summed E-state index contributed by atoms with van der Waals surface area (Å²) in [4.78, 5) is 23.9. The van der Waals surface area contributed by atoms with Crippen molar-refractivity contribution in [2.24, 2.45) is 0 Å². The zero-order chi connectivity index (χ0) is 19.8. The van der Waals surface area contributed by atoms with Gasteiger partial charge in [0.15, 0.2) is 10.8 Å². The topological polar surface area (TPSA) is 84.1 Å². The molecule has 0 fully saturated rings. The van der Waals surface area contributed by atoms with Gasteiger partial charge in [-0.3, -0.25) is 4.79 Å². The summed E-state index contributed by atoms with van der Waals surface area (Å²) in [5, 5.41) is 10.2. The first-order valence-corrected chi connectivity index (χ1v) is 9.84. The number of halogens is 1. The van der Waals surface area contributed by atoms with Gasteiger partial charge in [0.25, 0.3) is 5.91 Å². The van der Waals surface area contributed by atoms with Gasteiger partial charge in [-0.05, 0) is 49.6 Å². The van der Waals surface area contributed by atoms with Gasteiger partial charge in [0.05, 0.1) is 17.4 Å². The minimum Gasteiger partial charge on any atom is -0.396 e. The molecule has 0 saturated carbocycles. The van der Waals surface area contributed by atoms with Crippen LogP contribution in [0, 0.1) is 12.7 Å². The van der Waals surface area contributed by atoms with Crippen molar-refractivity contribution in [1.82, 2.24) is 23.8 Å². The van der Waals surface area contributed by atoms with Gasteiger partial charge in [0, 0.05) is 31.7 Å². The molecule has 1 atom stereocenters. The van der Waals surface area contributed by atoms with Gasteiger partial charge in [0.1, 0.15) is 11.6 Å². The molecule has 1 N–H and O–H groups in total. The highest BCUT2D eigenvalue weighted by atomic mass is 32.1. The molecule has 7 nitrogen and oxygen atoms in total. The van der Waals surface area contributed by atoms with Crippen molar-refractivity contribution in [3.05, 3.63) is 52.9 Å². The maximum absolute atomic E-state index is 13.2. The number of rotatable bonds is 4. The van der Waals surface area contributed by atoms with Crippen molar-refractivity contribution in [3.8, 4) is 10.8 Å². The molecule has 146 valence electrons. The number of imidazole rings is 1. The minimum absolute atomic E-state index is 0.0305. The fourth-order valence-electron chi connectivity index (χ4n) is 3.63. The number of nitrogens with zero attached hydrogens (tertiary/aromatic N) is 5. The van der Waals surface area contributed by atoms with Crippen LogP contribution in [-0.4, -0.2) is 48.0 Å². The van der Waals surface area contributed by atoms with Crippen molar-refractivity contribution in [2.45, 2.75) is 32.9 Å². The number of aromatic nitrogens is 4. The van der Waals surface area contributed by atoms with Crippen molar-refractivity contribution in [2.75, 3.05) is 13.2 Å². The summed E-state index contributed by atoms with van der Waals surface area (Å²) in [7, 11) is 0. The van der Waals surface area contributed by atoms with Gasteiger partial charge >= 0.3 is 0 Å². The Morgan fingerprint density at radius 1 is 1.29 bits per heavy atom. The second kappa shape index (κ2) is 7.40. The van der Waals surface area contributed by atoms with Crippen molar-refractivity contribution in [1.29, 1.82) is 0 Å². The first-order valence-electron chi connectivity index (χ1n) is 9.07. The van der Waals surface area contributed by atoms with E-state index in [4.69, 9.17) is 4.98 Å². The summed E-state index contributed by atoms with van der Waals surface area (Å²) in [6.07, 6.45) is 0.399. The van der Waals surface area contributed by atoms with Crippen LogP contribution in [0.3, 0.4) is 0 Å². The molecule has 0 radical (unpaired) electrons. The summed E-state index contributed by atoms with van der Waals surface area (Å²) in [6, 6.07) is 5.35. The monoisotopic (exact) mass is 401 g/mol. The van der Waals surface area contributed by atoms with E-state index in [0.717, 1.165) is 22.2 Å². The third-order valence-corrected chi connectivity index (χ3v) is 5.73. The molecule has 3 heterocycles. The molecule has 0 spiro atoms. The SMILES string of the molecule is Cc1nsc(-c2nc(CCO)c3n2CCN(C(=O)c2ccc(F)cc2)C3C)n1. The summed E-state index contributed by atoms with van der Waals surface area (Å²) >= 11 is 1.29. The number of carbonyl (C=O) groups excluding carboxylic acids is 1. The maximum Gasteiger partial charge on any atom is 0.254 e. The zero-order valence-electron chi connectivity index (χ0n) is 15.6. The summed E-state index contributed by atoms with van der Waals surface area (Å²) < 4.78 is 19.5. The fourth-order valence-corrected chi connectivity index (χ4v) is 4.30. The Bertz CT molecular complexity index is 1010. The van der Waals surface area contributed by atoms with Crippen molar-refractivity contribution in [3.63, 3.8) is 0 Å². The highest BCUT2D eigenvalue weighted by molar-refractivity contribution is 7.09. The van der Waals surface area contributed by atoms with E-state index in [-0.39, 0.29) is 24.4 Å². The van der Waals surface area contributed by atoms with Gasteiger partial charge < -0.3 is 14.6 Å². The second-order valence-corrected chi connectivity index (χ2v) is 7.47. The number of aliphatic hydroxyl groups is 1. The second-order valence-electron chi connectivity index (χ2n) is 6.72. The molecule has 0 bridgehead atoms. The van der Waals surface area contributed by atoms with Crippen molar-refractivity contribution < 1.29 is 14.3 Å². The highest BCUT2D eigenvalue weighted by Gasteiger charge is 2.34. The molecule has 28 heavy (non-hydrogen) atoms. The summed E-state index contributed by atoms with van der Waals surface area (Å²) in [5.74, 6) is 0.898. The predicted molar refractivity (Wildman–Crippen MR) is 103 cm³/mol. The standard InChI is InChI=1S/C19H20FN5O2S/c1-11-16-15(7-10-26)22-17(18-21-12(2)23-28-18)25(16)9-8-24(11)19(27)13-3-5-14(20)6-4-13/h3-6,11,26H,7-10H2,1-2H3. The fraction of sp³-hybridized carbons (Fsp3) is 0.368. The molecule has 2 aromatic heterocycles. The van der Waals surface area contributed by atoms with Crippen LogP contribution < -0.4 is 0 Å². The lowest BCUT2D eigenvalue weighted by Gasteiger charge is -2.35. The predicted octanol–water partition coefficient (Wildman–Crippen LogP) is 2.60. The van der Waals surface area contributed by atoms with Crippen LogP contribution in [0.4, 0.5) is 4.39 Å². The van der Waals surface area contributed by atoms with Crippen LogP contribution >= 0.6 is 11.5 Å². The first-order chi connectivity index (χ1) is 13.5. The number of amides is 1. The third kappa shape index (κ3) is 3.20. The van der Waals surface area contributed by atoms with Gasteiger partial charge in [0.2, 0.25) is 0 Å². The van der Waals surface area contributed by atoms with E-state index in [9.17, 15) is 14.3 Å². The lowest BCUT2D eigenvalue weighted by molar-refractivity contribution is 0.0643. The number of hydrogen-bond acceptors (Lipinski definition) is 6. The molecule has 1 aromatic carbocycles. The quantitative estimate of drug-likeness (QED) is 0.727. The average molecular weight is 401 g/mol. The Morgan fingerprint density at radius 2 is 2.04 bits per heavy atom. The zero-order valence-corrected chi connectivity index (χ0v) is 16.4. The lowest BCUT2D eigenvalue weighted by Crippen LogP contribution is -2.41. The van der Waals surface area contributed by atoms with E-state index in [2.05, 4.69) is 13.9 Å². The van der Waals surface area contributed by atoms with Gasteiger partial charge in [-0.15, -0.1) is 0 Å². The Hall–Kier alpha value is -2.65. The number of benzene rings is 1. The number of fused-ring (bicyclic) bond motifs is 1. The Kier molecular flexibility index (Phi) is 4.94. The number of aliphatic hydroxyl groups excluding tert-OH is 1. The van der Waals surface area contributed by atoms with E-state index in [1.807, 2.05) is 13.8 Å². The number of carbonyl (C=O) groups is 1. The van der Waals surface area contributed by atoms with E-state index >= 15 is 0 Å². The van der Waals surface area contributed by atoms with Gasteiger partial charge in [-0.25, -0.2) is 14.4 Å². The molecule has 4 rings (SSSR count). The lowest BCUT2D eigenvalue weighted by atomic mass is 10.1. The molecular weight excluding hydrogens is 381 g/mol. The Labute approximate surface area is 165 Å². The molecule has 9 heteroatoms. The number of aryl methyl sites for hydroxylation is 1. The molecule has 0 aliphatic carbocycles. The van der Waals surface area contributed by atoms with E-state index in [1.165, 1.54) is 35.8 Å². The molecule has 3 aromatic rings. The summed E-state index contributed by atoms with van der Waals surface area (Å²) in [6.45, 7) is 4.82. The summed E-state index contributed by atoms with van der Waals surface area (Å²) in [5.41, 5.74) is 2.11. The van der Waals surface area contributed by atoms with Crippen LogP contribution in [-0.2, 0) is 13.0 Å². The minimum atomic E-state index is -0.372. The number of hydrogen-bond donors (Lipinski definition) is 1. The van der Waals surface area contributed by atoms with E-state index in [1.54, 1.807) is 4.90 Å². The normalized spacial score (nSPS) is 16.3. The van der Waals surface area contributed by atoms with Crippen LogP contribution in [0.2, 0.25) is 0 Å². The Balaban J connectivity index is 1.72. The molecule has 1 amide bonds. The Morgan fingerprint density at radius 3 is 2.68 bits per heavy atom.